The van der Waals surface area contributed by atoms with Gasteiger partial charge in [0, 0.05) is 22.3 Å². The van der Waals surface area contributed by atoms with Crippen molar-refractivity contribution in [3.8, 4) is 0 Å². The molecule has 0 unspecified atom stereocenters. The summed E-state index contributed by atoms with van der Waals surface area (Å²) in [6, 6.07) is 15.2. The number of nitrogens with two attached hydrogens (primary N) is 1. The van der Waals surface area contributed by atoms with Crippen LogP contribution >= 0.6 is 0 Å². The van der Waals surface area contributed by atoms with Crippen LogP contribution in [0.3, 0.4) is 0 Å². The van der Waals surface area contributed by atoms with Crippen molar-refractivity contribution in [2.24, 2.45) is 0 Å². The average Bonchev–Trinajstić information content (AvgIpc) is 2.90. The van der Waals surface area contributed by atoms with E-state index in [0.717, 1.165) is 23.0 Å². The Morgan fingerprint density at radius 1 is 1.19 bits per heavy atom. The Balaban J connectivity index is 1.86. The molecule has 4 nitrogen and oxygen atoms in total. The quantitative estimate of drug-likeness (QED) is 0.641. The standard InChI is InChI=1S/C17H17N3O/c1-2-11-4-3-5-14(8-11)19-17(21)16-10-12-9-13(18)6-7-15(12)20-16/h3-10,20H,2,18H2,1H3,(H,19,21). The molecule has 3 aromatic rings. The summed E-state index contributed by atoms with van der Waals surface area (Å²) in [4.78, 5) is 15.4. The summed E-state index contributed by atoms with van der Waals surface area (Å²) in [5.41, 5.74) is 9.85. The van der Waals surface area contributed by atoms with Crippen LogP contribution in [0.25, 0.3) is 10.9 Å². The maximum atomic E-state index is 12.3. The number of nitrogens with one attached hydrogen (secondary N) is 2. The highest BCUT2D eigenvalue weighted by atomic mass is 16.1. The number of carbonyl (C=O) groups excluding carboxylic acids is 1. The smallest absolute Gasteiger partial charge is 0.272 e. The Hall–Kier alpha value is -2.75. The zero-order valence-corrected chi connectivity index (χ0v) is 11.8. The largest absolute Gasteiger partial charge is 0.399 e. The first-order chi connectivity index (χ1) is 10.2. The summed E-state index contributed by atoms with van der Waals surface area (Å²) < 4.78 is 0. The zero-order valence-electron chi connectivity index (χ0n) is 11.8. The number of rotatable bonds is 3. The van der Waals surface area contributed by atoms with Crippen molar-refractivity contribution in [1.29, 1.82) is 0 Å². The summed E-state index contributed by atoms with van der Waals surface area (Å²) >= 11 is 0. The van der Waals surface area contributed by atoms with Gasteiger partial charge in [-0.05, 0) is 48.4 Å². The Morgan fingerprint density at radius 2 is 2.05 bits per heavy atom. The molecular weight excluding hydrogens is 262 g/mol. The number of anilines is 2. The van der Waals surface area contributed by atoms with Crippen LogP contribution in [-0.2, 0) is 6.42 Å². The van der Waals surface area contributed by atoms with E-state index in [-0.39, 0.29) is 5.91 Å². The van der Waals surface area contributed by atoms with Gasteiger partial charge in [0.25, 0.3) is 5.91 Å². The molecule has 0 radical (unpaired) electrons. The average molecular weight is 279 g/mol. The molecule has 0 saturated carbocycles. The molecule has 0 spiro atoms. The predicted octanol–water partition coefficient (Wildman–Crippen LogP) is 3.56. The van der Waals surface area contributed by atoms with E-state index >= 15 is 0 Å². The van der Waals surface area contributed by atoms with Gasteiger partial charge in [-0.25, -0.2) is 0 Å². The molecule has 1 heterocycles. The molecule has 0 aliphatic carbocycles. The summed E-state index contributed by atoms with van der Waals surface area (Å²) in [7, 11) is 0. The molecule has 0 bridgehead atoms. The third-order valence-corrected chi connectivity index (χ3v) is 3.48. The van der Waals surface area contributed by atoms with Crippen molar-refractivity contribution in [3.05, 3.63) is 59.8 Å². The molecule has 0 saturated heterocycles. The third kappa shape index (κ3) is 2.74. The number of H-pyrrole nitrogens is 1. The van der Waals surface area contributed by atoms with Crippen LogP contribution in [0.2, 0.25) is 0 Å². The molecule has 21 heavy (non-hydrogen) atoms. The topological polar surface area (TPSA) is 70.9 Å². The second-order valence-electron chi connectivity index (χ2n) is 5.04. The summed E-state index contributed by atoms with van der Waals surface area (Å²) in [6.07, 6.45) is 0.940. The van der Waals surface area contributed by atoms with Crippen molar-refractivity contribution < 1.29 is 4.79 Å². The minimum atomic E-state index is -0.155. The first kappa shape index (κ1) is 13.2. The Bertz CT molecular complexity index is 805. The lowest BCUT2D eigenvalue weighted by molar-refractivity contribution is 0.102. The molecule has 0 aliphatic heterocycles. The number of aromatic amines is 1. The minimum absolute atomic E-state index is 0.155. The number of fused-ring (bicyclic) bond motifs is 1. The first-order valence-corrected chi connectivity index (χ1v) is 6.94. The van der Waals surface area contributed by atoms with Crippen molar-refractivity contribution >= 4 is 28.2 Å². The van der Waals surface area contributed by atoms with Gasteiger partial charge in [0.2, 0.25) is 0 Å². The lowest BCUT2D eigenvalue weighted by Gasteiger charge is -2.05. The maximum Gasteiger partial charge on any atom is 0.272 e. The van der Waals surface area contributed by atoms with Crippen molar-refractivity contribution in [2.75, 3.05) is 11.1 Å². The van der Waals surface area contributed by atoms with E-state index in [1.54, 1.807) is 0 Å². The summed E-state index contributed by atoms with van der Waals surface area (Å²) in [6.45, 7) is 2.09. The predicted molar refractivity (Wildman–Crippen MR) is 86.5 cm³/mol. The Labute approximate surface area is 123 Å². The monoisotopic (exact) mass is 279 g/mol. The van der Waals surface area contributed by atoms with Gasteiger partial charge in [-0.2, -0.15) is 0 Å². The van der Waals surface area contributed by atoms with Crippen LogP contribution in [0.1, 0.15) is 23.0 Å². The minimum Gasteiger partial charge on any atom is -0.399 e. The van der Waals surface area contributed by atoms with E-state index < -0.39 is 0 Å². The number of hydrogen-bond acceptors (Lipinski definition) is 2. The number of aryl methyl sites for hydroxylation is 1. The van der Waals surface area contributed by atoms with Crippen molar-refractivity contribution in [3.63, 3.8) is 0 Å². The number of aromatic nitrogens is 1. The molecule has 1 aromatic heterocycles. The lowest BCUT2D eigenvalue weighted by Crippen LogP contribution is -2.12. The van der Waals surface area contributed by atoms with Crippen LogP contribution in [0.4, 0.5) is 11.4 Å². The fourth-order valence-electron chi connectivity index (χ4n) is 2.34. The number of carbonyl (C=O) groups is 1. The first-order valence-electron chi connectivity index (χ1n) is 6.94. The van der Waals surface area contributed by atoms with E-state index in [1.165, 1.54) is 5.56 Å². The fraction of sp³-hybridized carbons (Fsp3) is 0.118. The second kappa shape index (κ2) is 5.32. The maximum absolute atomic E-state index is 12.3. The van der Waals surface area contributed by atoms with E-state index in [4.69, 9.17) is 5.73 Å². The lowest BCUT2D eigenvalue weighted by atomic mass is 10.1. The molecule has 0 atom stereocenters. The highest BCUT2D eigenvalue weighted by molar-refractivity contribution is 6.06. The molecule has 4 heteroatoms. The number of hydrogen-bond donors (Lipinski definition) is 3. The van der Waals surface area contributed by atoms with Crippen LogP contribution < -0.4 is 11.1 Å². The molecule has 0 fully saturated rings. The third-order valence-electron chi connectivity index (χ3n) is 3.48. The normalized spacial score (nSPS) is 10.7. The van der Waals surface area contributed by atoms with Gasteiger partial charge in [0.05, 0.1) is 0 Å². The van der Waals surface area contributed by atoms with Crippen LogP contribution in [0.5, 0.6) is 0 Å². The highest BCUT2D eigenvalue weighted by Crippen LogP contribution is 2.19. The summed E-state index contributed by atoms with van der Waals surface area (Å²) in [5, 5.41) is 3.84. The molecule has 106 valence electrons. The van der Waals surface area contributed by atoms with Gasteiger partial charge in [-0.15, -0.1) is 0 Å². The number of nitrogen functional groups attached to an aromatic ring is 1. The molecule has 3 rings (SSSR count). The van der Waals surface area contributed by atoms with Crippen LogP contribution in [0, 0.1) is 0 Å². The second-order valence-corrected chi connectivity index (χ2v) is 5.04. The van der Waals surface area contributed by atoms with Gasteiger partial charge >= 0.3 is 0 Å². The molecule has 4 N–H and O–H groups in total. The molecule has 1 amide bonds. The van der Waals surface area contributed by atoms with E-state index in [2.05, 4.69) is 17.2 Å². The number of benzene rings is 2. The van der Waals surface area contributed by atoms with Gasteiger partial charge in [0.15, 0.2) is 0 Å². The highest BCUT2D eigenvalue weighted by Gasteiger charge is 2.10. The van der Waals surface area contributed by atoms with Crippen LogP contribution in [0.15, 0.2) is 48.5 Å². The summed E-state index contributed by atoms with van der Waals surface area (Å²) in [5.74, 6) is -0.155. The van der Waals surface area contributed by atoms with Crippen molar-refractivity contribution in [1.82, 2.24) is 4.98 Å². The van der Waals surface area contributed by atoms with Crippen LogP contribution in [-0.4, -0.2) is 10.9 Å². The SMILES string of the molecule is CCc1cccc(NC(=O)c2cc3cc(N)ccc3[nH]2)c1. The fourth-order valence-corrected chi connectivity index (χ4v) is 2.34. The van der Waals surface area contributed by atoms with Gasteiger partial charge in [0.1, 0.15) is 5.69 Å². The van der Waals surface area contributed by atoms with E-state index in [9.17, 15) is 4.79 Å². The molecule has 2 aromatic carbocycles. The van der Waals surface area contributed by atoms with Gasteiger partial charge in [-0.1, -0.05) is 19.1 Å². The number of amides is 1. The Morgan fingerprint density at radius 3 is 2.86 bits per heavy atom. The van der Waals surface area contributed by atoms with E-state index in [0.29, 0.717) is 11.4 Å². The molecule has 0 aliphatic rings. The van der Waals surface area contributed by atoms with Crippen molar-refractivity contribution in [2.45, 2.75) is 13.3 Å². The zero-order chi connectivity index (χ0) is 14.8. The molecular formula is C17H17N3O. The van der Waals surface area contributed by atoms with Gasteiger partial charge in [-0.3, -0.25) is 4.79 Å². The van der Waals surface area contributed by atoms with E-state index in [1.807, 2.05) is 48.5 Å². The Kier molecular flexibility index (Phi) is 3.36. The van der Waals surface area contributed by atoms with Gasteiger partial charge < -0.3 is 16.0 Å².